The quantitative estimate of drug-likeness (QED) is 0.718. The number of aliphatic carboxylic acids is 1. The van der Waals surface area contributed by atoms with Gasteiger partial charge in [0.1, 0.15) is 12.4 Å². The highest BCUT2D eigenvalue weighted by molar-refractivity contribution is 6.30. The topological polar surface area (TPSA) is 49.8 Å². The van der Waals surface area contributed by atoms with Gasteiger partial charge in [0.2, 0.25) is 0 Å². The molecule has 1 aliphatic rings. The van der Waals surface area contributed by atoms with Crippen LogP contribution in [0.5, 0.6) is 5.75 Å². The molecule has 1 saturated heterocycles. The summed E-state index contributed by atoms with van der Waals surface area (Å²) in [6, 6.07) is 14.8. The van der Waals surface area contributed by atoms with Gasteiger partial charge < -0.3 is 9.84 Å². The molecule has 1 unspecified atom stereocenters. The van der Waals surface area contributed by atoms with E-state index in [1.54, 1.807) is 6.07 Å². The highest BCUT2D eigenvalue weighted by atomic mass is 35.5. The van der Waals surface area contributed by atoms with Crippen molar-refractivity contribution in [1.82, 2.24) is 4.90 Å². The summed E-state index contributed by atoms with van der Waals surface area (Å²) in [5.74, 6) is -0.756. The van der Waals surface area contributed by atoms with Crippen molar-refractivity contribution in [2.24, 2.45) is 0 Å². The maximum absolute atomic E-state index is 11.8. The summed E-state index contributed by atoms with van der Waals surface area (Å²) < 4.78 is 6.02. The molecule has 0 bridgehead atoms. The molecule has 1 atom stereocenters. The fourth-order valence-electron chi connectivity index (χ4n) is 3.57. The van der Waals surface area contributed by atoms with Crippen molar-refractivity contribution in [2.75, 3.05) is 26.2 Å². The zero-order valence-electron chi connectivity index (χ0n) is 15.4. The van der Waals surface area contributed by atoms with Crippen LogP contribution in [-0.2, 0) is 11.2 Å². The Morgan fingerprint density at radius 3 is 2.56 bits per heavy atom. The van der Waals surface area contributed by atoms with Gasteiger partial charge in [0.25, 0.3) is 0 Å². The van der Waals surface area contributed by atoms with Gasteiger partial charge in [-0.3, -0.25) is 9.69 Å². The molecule has 2 aromatic carbocycles. The Balaban J connectivity index is 1.70. The highest BCUT2D eigenvalue weighted by Crippen LogP contribution is 2.29. The lowest BCUT2D eigenvalue weighted by molar-refractivity contribution is -0.138. The first-order valence-electron chi connectivity index (χ1n) is 9.55. The minimum absolute atomic E-state index is 0.346. The summed E-state index contributed by atoms with van der Waals surface area (Å²) in [6.45, 7) is 3.75. The van der Waals surface area contributed by atoms with Crippen LogP contribution in [0.1, 0.15) is 36.3 Å². The van der Waals surface area contributed by atoms with Crippen molar-refractivity contribution in [3.05, 3.63) is 64.7 Å². The van der Waals surface area contributed by atoms with E-state index in [4.69, 9.17) is 16.3 Å². The molecule has 27 heavy (non-hydrogen) atoms. The van der Waals surface area contributed by atoms with Crippen LogP contribution in [0.2, 0.25) is 5.02 Å². The third-order valence-corrected chi connectivity index (χ3v) is 5.30. The van der Waals surface area contributed by atoms with Crippen LogP contribution in [0.3, 0.4) is 0 Å². The van der Waals surface area contributed by atoms with E-state index in [9.17, 15) is 9.90 Å². The number of hydrogen-bond acceptors (Lipinski definition) is 3. The Bertz CT molecular complexity index is 744. The molecule has 2 aromatic rings. The second-order valence-electron chi connectivity index (χ2n) is 7.01. The summed E-state index contributed by atoms with van der Waals surface area (Å²) in [6.07, 6.45) is 4.17. The van der Waals surface area contributed by atoms with Crippen molar-refractivity contribution in [1.29, 1.82) is 0 Å². The number of piperidine rings is 1. The van der Waals surface area contributed by atoms with E-state index in [0.717, 1.165) is 36.5 Å². The van der Waals surface area contributed by atoms with Gasteiger partial charge in [0.05, 0.1) is 5.92 Å². The van der Waals surface area contributed by atoms with Crippen molar-refractivity contribution >= 4 is 17.6 Å². The maximum Gasteiger partial charge on any atom is 0.311 e. The number of hydrogen-bond donors (Lipinski definition) is 1. The summed E-state index contributed by atoms with van der Waals surface area (Å²) in [5.41, 5.74) is 1.61. The third-order valence-electron chi connectivity index (χ3n) is 5.06. The van der Waals surface area contributed by atoms with E-state index in [1.165, 1.54) is 19.3 Å². The first kappa shape index (κ1) is 19.7. The van der Waals surface area contributed by atoms with E-state index in [0.29, 0.717) is 18.1 Å². The highest BCUT2D eigenvalue weighted by Gasteiger charge is 2.22. The third kappa shape index (κ3) is 5.72. The van der Waals surface area contributed by atoms with Gasteiger partial charge in [-0.15, -0.1) is 0 Å². The van der Waals surface area contributed by atoms with E-state index in [2.05, 4.69) is 4.90 Å². The number of halogens is 1. The van der Waals surface area contributed by atoms with E-state index < -0.39 is 11.9 Å². The Kier molecular flexibility index (Phi) is 7.13. The molecule has 0 spiro atoms. The average molecular weight is 388 g/mol. The molecule has 0 radical (unpaired) electrons. The van der Waals surface area contributed by atoms with Gasteiger partial charge in [0, 0.05) is 11.6 Å². The number of ether oxygens (including phenoxy) is 1. The predicted molar refractivity (Wildman–Crippen MR) is 108 cm³/mol. The number of carboxylic acids is 1. The van der Waals surface area contributed by atoms with Crippen LogP contribution >= 0.6 is 11.6 Å². The van der Waals surface area contributed by atoms with Crippen LogP contribution in [0.15, 0.2) is 48.5 Å². The second kappa shape index (κ2) is 9.77. The van der Waals surface area contributed by atoms with Gasteiger partial charge in [-0.1, -0.05) is 48.4 Å². The van der Waals surface area contributed by atoms with Crippen molar-refractivity contribution in [3.63, 3.8) is 0 Å². The van der Waals surface area contributed by atoms with Crippen LogP contribution < -0.4 is 4.74 Å². The first-order valence-corrected chi connectivity index (χ1v) is 9.92. The van der Waals surface area contributed by atoms with Crippen molar-refractivity contribution < 1.29 is 14.6 Å². The smallest absolute Gasteiger partial charge is 0.311 e. The Morgan fingerprint density at radius 1 is 1.11 bits per heavy atom. The summed E-state index contributed by atoms with van der Waals surface area (Å²) in [7, 11) is 0. The molecule has 0 amide bonds. The Labute approximate surface area is 165 Å². The number of benzene rings is 2. The molecule has 3 rings (SSSR count). The fraction of sp³-hybridized carbons (Fsp3) is 0.409. The molecule has 0 aliphatic carbocycles. The standard InChI is InChI=1S/C22H26ClNO3/c23-19-9-10-21(27-14-13-24-11-5-2-6-12-24)18(15-19)16-20(22(25)26)17-7-3-1-4-8-17/h1,3-4,7-10,15,20H,2,5-6,11-14,16H2,(H,25,26). The van der Waals surface area contributed by atoms with Gasteiger partial charge in [-0.05, 0) is 61.7 Å². The van der Waals surface area contributed by atoms with Crippen molar-refractivity contribution in [2.45, 2.75) is 31.6 Å². The molecular weight excluding hydrogens is 362 g/mol. The summed E-state index contributed by atoms with van der Waals surface area (Å²) in [4.78, 5) is 14.3. The normalized spacial score (nSPS) is 16.0. The summed E-state index contributed by atoms with van der Waals surface area (Å²) >= 11 is 6.17. The molecule has 1 N–H and O–H groups in total. The van der Waals surface area contributed by atoms with Crippen LogP contribution in [0.25, 0.3) is 0 Å². The molecule has 5 heteroatoms. The maximum atomic E-state index is 11.8. The lowest BCUT2D eigenvalue weighted by Crippen LogP contribution is -2.33. The van der Waals surface area contributed by atoms with Gasteiger partial charge >= 0.3 is 5.97 Å². The Hall–Kier alpha value is -2.04. The predicted octanol–water partition coefficient (Wildman–Crippen LogP) is 4.62. The van der Waals surface area contributed by atoms with E-state index in [-0.39, 0.29) is 0 Å². The van der Waals surface area contributed by atoms with Gasteiger partial charge in [-0.25, -0.2) is 0 Å². The van der Waals surface area contributed by atoms with Gasteiger partial charge in [-0.2, -0.15) is 0 Å². The van der Waals surface area contributed by atoms with E-state index >= 15 is 0 Å². The lowest BCUT2D eigenvalue weighted by Gasteiger charge is -2.26. The largest absolute Gasteiger partial charge is 0.492 e. The monoisotopic (exact) mass is 387 g/mol. The first-order chi connectivity index (χ1) is 13.1. The molecular formula is C22H26ClNO3. The number of nitrogens with zero attached hydrogens (tertiary/aromatic N) is 1. The van der Waals surface area contributed by atoms with Crippen molar-refractivity contribution in [3.8, 4) is 5.75 Å². The Morgan fingerprint density at radius 2 is 1.85 bits per heavy atom. The molecule has 4 nitrogen and oxygen atoms in total. The number of carboxylic acid groups (broad SMARTS) is 1. The molecule has 0 aromatic heterocycles. The number of likely N-dealkylation sites (tertiary alicyclic amines) is 1. The molecule has 1 heterocycles. The number of rotatable bonds is 8. The molecule has 0 saturated carbocycles. The zero-order valence-corrected chi connectivity index (χ0v) is 16.2. The molecule has 1 fully saturated rings. The second-order valence-corrected chi connectivity index (χ2v) is 7.44. The summed E-state index contributed by atoms with van der Waals surface area (Å²) in [5, 5.41) is 10.3. The van der Waals surface area contributed by atoms with Gasteiger partial charge in [0.15, 0.2) is 0 Å². The molecule has 144 valence electrons. The molecule has 1 aliphatic heterocycles. The fourth-order valence-corrected chi connectivity index (χ4v) is 3.76. The van der Waals surface area contributed by atoms with E-state index in [1.807, 2.05) is 42.5 Å². The zero-order chi connectivity index (χ0) is 19.1. The van der Waals surface area contributed by atoms with Crippen LogP contribution in [-0.4, -0.2) is 42.2 Å². The lowest BCUT2D eigenvalue weighted by atomic mass is 9.92. The van der Waals surface area contributed by atoms with Crippen LogP contribution in [0, 0.1) is 0 Å². The minimum Gasteiger partial charge on any atom is -0.492 e. The SMILES string of the molecule is O=C(O)C(Cc1cc(Cl)ccc1OCCN1CCCCC1)c1ccccc1. The minimum atomic E-state index is -0.847. The van der Waals surface area contributed by atoms with Crippen LogP contribution in [0.4, 0.5) is 0 Å². The number of carbonyl (C=O) groups is 1. The average Bonchev–Trinajstić information content (AvgIpc) is 2.69.